The van der Waals surface area contributed by atoms with Gasteiger partial charge in [0, 0.05) is 41.0 Å². The van der Waals surface area contributed by atoms with E-state index in [2.05, 4.69) is 36.9 Å². The zero-order valence-corrected chi connectivity index (χ0v) is 20.3. The molecule has 0 saturated carbocycles. The van der Waals surface area contributed by atoms with Crippen LogP contribution < -0.4 is 20.7 Å². The number of amidine groups is 1. The van der Waals surface area contributed by atoms with Gasteiger partial charge in [-0.25, -0.2) is 9.79 Å². The summed E-state index contributed by atoms with van der Waals surface area (Å²) in [6, 6.07) is 11.5. The first-order valence-electron chi connectivity index (χ1n) is 11.0. The zero-order chi connectivity index (χ0) is 24.1. The number of rotatable bonds is 5. The van der Waals surface area contributed by atoms with Crippen LogP contribution in [0.1, 0.15) is 25.3 Å². The number of nitrogens with one attached hydrogen (secondary N) is 3. The molecule has 34 heavy (non-hydrogen) atoms. The van der Waals surface area contributed by atoms with Crippen molar-refractivity contribution in [1.82, 2.24) is 4.90 Å². The number of amides is 2. The lowest BCUT2D eigenvalue weighted by Gasteiger charge is -2.25. The Kier molecular flexibility index (Phi) is 7.36. The molecule has 2 aliphatic heterocycles. The highest BCUT2D eigenvalue weighted by Crippen LogP contribution is 2.34. The quantitative estimate of drug-likeness (QED) is 0.418. The number of fused-ring (bicyclic) bond motifs is 1. The molecule has 0 aromatic heterocycles. The highest BCUT2D eigenvalue weighted by Gasteiger charge is 2.21. The van der Waals surface area contributed by atoms with Crippen LogP contribution >= 0.6 is 15.9 Å². The van der Waals surface area contributed by atoms with Gasteiger partial charge in [0.2, 0.25) is 5.91 Å². The Hall–Kier alpha value is -3.53. The number of carbonyl (C=O) groups is 2. The second-order valence-electron chi connectivity index (χ2n) is 7.87. The molecule has 2 aromatic rings. The molecule has 4 rings (SSSR count). The van der Waals surface area contributed by atoms with Crippen LogP contribution in [0.5, 0.6) is 5.75 Å². The van der Waals surface area contributed by atoms with E-state index >= 15 is 0 Å². The molecule has 9 nitrogen and oxygen atoms in total. The number of benzene rings is 2. The van der Waals surface area contributed by atoms with Crippen LogP contribution in [0.15, 0.2) is 57.5 Å². The molecule has 0 atom stereocenters. The SMILES string of the molecule is CCOc1cc2c(cc1NC(=O)C=C1CCN(C(=O)O)CC1)C(Nc1cccc(Br)c1)=NCN2. The van der Waals surface area contributed by atoms with Crippen LogP contribution in [0.4, 0.5) is 21.9 Å². The fourth-order valence-electron chi connectivity index (χ4n) is 3.88. The fraction of sp³-hybridized carbons (Fsp3) is 0.292. The molecule has 4 N–H and O–H groups in total. The summed E-state index contributed by atoms with van der Waals surface area (Å²) in [4.78, 5) is 29.8. The topological polar surface area (TPSA) is 115 Å². The van der Waals surface area contributed by atoms with Crippen molar-refractivity contribution in [2.45, 2.75) is 19.8 Å². The van der Waals surface area contributed by atoms with E-state index in [1.807, 2.05) is 43.3 Å². The summed E-state index contributed by atoms with van der Waals surface area (Å²) in [6.45, 7) is 3.54. The Morgan fingerprint density at radius 1 is 1.26 bits per heavy atom. The summed E-state index contributed by atoms with van der Waals surface area (Å²) in [7, 11) is 0. The molecule has 0 radical (unpaired) electrons. The number of anilines is 3. The van der Waals surface area contributed by atoms with E-state index in [0.29, 0.717) is 56.5 Å². The monoisotopic (exact) mass is 527 g/mol. The number of carboxylic acid groups (broad SMARTS) is 1. The van der Waals surface area contributed by atoms with Crippen LogP contribution in [0.25, 0.3) is 0 Å². The fourth-order valence-corrected chi connectivity index (χ4v) is 4.28. The zero-order valence-electron chi connectivity index (χ0n) is 18.7. The minimum Gasteiger partial charge on any atom is -0.492 e. The maximum absolute atomic E-state index is 12.8. The van der Waals surface area contributed by atoms with Gasteiger partial charge >= 0.3 is 6.09 Å². The molecule has 178 valence electrons. The van der Waals surface area contributed by atoms with Crippen LogP contribution in [0.3, 0.4) is 0 Å². The first-order valence-corrected chi connectivity index (χ1v) is 11.8. The highest BCUT2D eigenvalue weighted by molar-refractivity contribution is 9.10. The molecule has 2 amide bonds. The molecule has 2 aromatic carbocycles. The Morgan fingerprint density at radius 2 is 2.06 bits per heavy atom. The van der Waals surface area contributed by atoms with Crippen LogP contribution in [0, 0.1) is 0 Å². The molecule has 1 saturated heterocycles. The summed E-state index contributed by atoms with van der Waals surface area (Å²) < 4.78 is 6.74. The number of ether oxygens (including phenoxy) is 1. The summed E-state index contributed by atoms with van der Waals surface area (Å²) >= 11 is 3.48. The number of hydrogen-bond acceptors (Lipinski definition) is 6. The Bertz CT molecular complexity index is 1150. The largest absolute Gasteiger partial charge is 0.492 e. The van der Waals surface area contributed by atoms with E-state index < -0.39 is 6.09 Å². The smallest absolute Gasteiger partial charge is 0.407 e. The number of halogens is 1. The maximum Gasteiger partial charge on any atom is 0.407 e. The van der Waals surface area contributed by atoms with Gasteiger partial charge in [-0.1, -0.05) is 27.6 Å². The van der Waals surface area contributed by atoms with Gasteiger partial charge in [0.1, 0.15) is 18.3 Å². The molecule has 0 aliphatic carbocycles. The average molecular weight is 528 g/mol. The summed E-state index contributed by atoms with van der Waals surface area (Å²) in [5.41, 5.74) is 4.02. The van der Waals surface area contributed by atoms with Gasteiger partial charge < -0.3 is 30.7 Å². The first kappa shape index (κ1) is 23.6. The third-order valence-electron chi connectivity index (χ3n) is 5.54. The number of aliphatic imine (C=N–C) groups is 1. The van der Waals surface area contributed by atoms with Gasteiger partial charge in [-0.3, -0.25) is 4.79 Å². The minimum atomic E-state index is -0.929. The van der Waals surface area contributed by atoms with Crippen molar-refractivity contribution in [3.63, 3.8) is 0 Å². The van der Waals surface area contributed by atoms with Crippen LogP contribution in [-0.4, -0.2) is 54.2 Å². The van der Waals surface area contributed by atoms with Crippen molar-refractivity contribution in [3.8, 4) is 5.75 Å². The first-order chi connectivity index (χ1) is 16.4. The van der Waals surface area contributed by atoms with Crippen LogP contribution in [-0.2, 0) is 4.79 Å². The van der Waals surface area contributed by atoms with Crippen LogP contribution in [0.2, 0.25) is 0 Å². The Balaban J connectivity index is 1.55. The number of nitrogens with zero attached hydrogens (tertiary/aromatic N) is 2. The lowest BCUT2D eigenvalue weighted by molar-refractivity contribution is -0.112. The second-order valence-corrected chi connectivity index (χ2v) is 8.78. The lowest BCUT2D eigenvalue weighted by Crippen LogP contribution is -2.35. The molecule has 0 spiro atoms. The molecule has 0 unspecified atom stereocenters. The third-order valence-corrected chi connectivity index (χ3v) is 6.03. The van der Waals surface area contributed by atoms with E-state index in [0.717, 1.165) is 27.0 Å². The van der Waals surface area contributed by atoms with Crippen molar-refractivity contribution >= 4 is 50.8 Å². The number of likely N-dealkylation sites (tertiary alicyclic amines) is 1. The van der Waals surface area contributed by atoms with E-state index in [1.165, 1.54) is 4.90 Å². The maximum atomic E-state index is 12.8. The molecular weight excluding hydrogens is 502 g/mol. The van der Waals surface area contributed by atoms with E-state index in [1.54, 1.807) is 6.08 Å². The normalized spacial score (nSPS) is 14.9. The predicted octanol–water partition coefficient (Wildman–Crippen LogP) is 4.73. The Labute approximate surface area is 206 Å². The van der Waals surface area contributed by atoms with Crippen molar-refractivity contribution in [2.75, 3.05) is 42.3 Å². The third kappa shape index (κ3) is 5.69. The summed E-state index contributed by atoms with van der Waals surface area (Å²) in [6.07, 6.45) is 1.71. The molecular formula is C24H26BrN5O4. The van der Waals surface area contributed by atoms with Crippen molar-refractivity contribution in [2.24, 2.45) is 4.99 Å². The van der Waals surface area contributed by atoms with Gasteiger partial charge in [0.25, 0.3) is 0 Å². The molecule has 10 heteroatoms. The van der Waals surface area contributed by atoms with E-state index in [4.69, 9.17) is 9.84 Å². The average Bonchev–Trinajstić information content (AvgIpc) is 2.80. The Morgan fingerprint density at radius 3 is 2.76 bits per heavy atom. The second kappa shape index (κ2) is 10.6. The van der Waals surface area contributed by atoms with Gasteiger partial charge in [-0.15, -0.1) is 0 Å². The van der Waals surface area contributed by atoms with E-state index in [-0.39, 0.29) is 5.91 Å². The lowest BCUT2D eigenvalue weighted by atomic mass is 10.0. The van der Waals surface area contributed by atoms with E-state index in [9.17, 15) is 9.59 Å². The van der Waals surface area contributed by atoms with Gasteiger partial charge in [0.05, 0.1) is 18.0 Å². The number of carbonyl (C=O) groups excluding carboxylic acids is 1. The predicted molar refractivity (Wildman–Crippen MR) is 136 cm³/mol. The summed E-state index contributed by atoms with van der Waals surface area (Å²) in [5.74, 6) is 0.969. The molecule has 1 fully saturated rings. The number of hydrogen-bond donors (Lipinski definition) is 4. The van der Waals surface area contributed by atoms with Crippen molar-refractivity contribution < 1.29 is 19.4 Å². The highest BCUT2D eigenvalue weighted by atomic mass is 79.9. The van der Waals surface area contributed by atoms with Gasteiger partial charge in [-0.2, -0.15) is 0 Å². The number of piperidine rings is 1. The van der Waals surface area contributed by atoms with Gasteiger partial charge in [0.15, 0.2) is 0 Å². The molecule has 0 bridgehead atoms. The van der Waals surface area contributed by atoms with Crippen molar-refractivity contribution in [1.29, 1.82) is 0 Å². The molecule has 2 heterocycles. The minimum absolute atomic E-state index is 0.276. The van der Waals surface area contributed by atoms with Crippen molar-refractivity contribution in [3.05, 3.63) is 58.1 Å². The standard InChI is InChI=1S/C24H26BrN5O4/c1-2-34-21-13-19-18(23(27-14-26-19)28-17-5-3-4-16(25)11-17)12-20(21)29-22(31)10-15-6-8-30(9-7-15)24(32)33/h3-5,10-13,26H,2,6-9,14H2,1H3,(H,27,28)(H,29,31)(H,32,33). The van der Waals surface area contributed by atoms with Gasteiger partial charge in [-0.05, 0) is 44.0 Å². The molecule has 2 aliphatic rings. The summed E-state index contributed by atoms with van der Waals surface area (Å²) in [5, 5.41) is 18.6.